The summed E-state index contributed by atoms with van der Waals surface area (Å²) in [6, 6.07) is 0. The van der Waals surface area contributed by atoms with Gasteiger partial charge >= 0.3 is 0 Å². The number of piperidine rings is 1. The topological polar surface area (TPSA) is 84.4 Å². The van der Waals surface area contributed by atoms with Crippen molar-refractivity contribution in [3.8, 4) is 0 Å². The van der Waals surface area contributed by atoms with Gasteiger partial charge in [0, 0.05) is 25.6 Å². The lowest BCUT2D eigenvalue weighted by atomic mass is 9.97. The van der Waals surface area contributed by atoms with Crippen LogP contribution in [-0.2, 0) is 4.79 Å². The average Bonchev–Trinajstić information content (AvgIpc) is 2.29. The Morgan fingerprint density at radius 3 is 2.56 bits per heavy atom. The zero-order valence-corrected chi connectivity index (χ0v) is 9.95. The third-order valence-electron chi connectivity index (χ3n) is 3.08. The molecule has 0 aromatic rings. The second-order valence-corrected chi connectivity index (χ2v) is 4.45. The van der Waals surface area contributed by atoms with E-state index in [0.717, 1.165) is 58.3 Å². The van der Waals surface area contributed by atoms with E-state index in [2.05, 4.69) is 5.32 Å². The molecule has 0 aliphatic carbocycles. The molecule has 5 heteroatoms. The van der Waals surface area contributed by atoms with Crippen molar-refractivity contribution in [3.05, 3.63) is 0 Å². The van der Waals surface area contributed by atoms with Crippen LogP contribution in [0.3, 0.4) is 0 Å². The van der Waals surface area contributed by atoms with Crippen molar-refractivity contribution in [2.24, 2.45) is 17.5 Å². The molecule has 1 heterocycles. The Bertz CT molecular complexity index is 202. The van der Waals surface area contributed by atoms with Crippen LogP contribution >= 0.6 is 0 Å². The van der Waals surface area contributed by atoms with E-state index in [1.165, 1.54) is 0 Å². The highest BCUT2D eigenvalue weighted by molar-refractivity contribution is 5.78. The molecule has 0 spiro atoms. The second-order valence-electron chi connectivity index (χ2n) is 4.45. The van der Waals surface area contributed by atoms with E-state index in [-0.39, 0.29) is 11.8 Å². The Hall–Kier alpha value is -0.650. The third-order valence-corrected chi connectivity index (χ3v) is 3.08. The molecule has 0 aromatic carbocycles. The highest BCUT2D eigenvalue weighted by atomic mass is 16.1. The predicted octanol–water partition coefficient (Wildman–Crippen LogP) is -0.183. The number of hydrogen-bond donors (Lipinski definition) is 3. The number of unbranched alkanes of at least 4 members (excludes halogenated alkanes) is 2. The van der Waals surface area contributed by atoms with Gasteiger partial charge < -0.3 is 11.1 Å². The smallest absolute Gasteiger partial charge is 0.223 e. The first kappa shape index (κ1) is 13.4. The minimum Gasteiger partial charge on any atom is -0.356 e. The molecule has 16 heavy (non-hydrogen) atoms. The van der Waals surface area contributed by atoms with E-state index in [4.69, 9.17) is 11.6 Å². The molecule has 0 saturated carbocycles. The summed E-state index contributed by atoms with van der Waals surface area (Å²) in [5.74, 6) is 6.00. The van der Waals surface area contributed by atoms with Crippen LogP contribution in [0.25, 0.3) is 0 Å². The lowest BCUT2D eigenvalue weighted by Gasteiger charge is -2.27. The number of nitrogens with one attached hydrogen (secondary N) is 1. The van der Waals surface area contributed by atoms with Crippen LogP contribution in [0.4, 0.5) is 0 Å². The molecule has 5 nitrogen and oxygen atoms in total. The van der Waals surface area contributed by atoms with Gasteiger partial charge in [-0.15, -0.1) is 0 Å². The molecule has 1 aliphatic rings. The number of nitrogens with two attached hydrogens (primary N) is 2. The molecule has 0 aromatic heterocycles. The normalized spacial score (nSPS) is 18.6. The van der Waals surface area contributed by atoms with E-state index < -0.39 is 0 Å². The fraction of sp³-hybridized carbons (Fsp3) is 0.909. The molecule has 1 aliphatic heterocycles. The van der Waals surface area contributed by atoms with Gasteiger partial charge in [-0.2, -0.15) is 0 Å². The predicted molar refractivity (Wildman–Crippen MR) is 64.4 cm³/mol. The zero-order valence-electron chi connectivity index (χ0n) is 9.95. The quantitative estimate of drug-likeness (QED) is 0.435. The standard InChI is InChI=1S/C11H24N4O/c12-6-2-1-3-7-14-11(16)10-4-8-15(13)9-5-10/h10H,1-9,12-13H2,(H,14,16). The summed E-state index contributed by atoms with van der Waals surface area (Å²) in [7, 11) is 0. The first-order valence-electron chi connectivity index (χ1n) is 6.21. The molecule has 0 atom stereocenters. The van der Waals surface area contributed by atoms with E-state index in [0.29, 0.717) is 0 Å². The number of hydrazine groups is 1. The van der Waals surface area contributed by atoms with Crippen molar-refractivity contribution in [1.29, 1.82) is 0 Å². The number of carbonyl (C=O) groups excluding carboxylic acids is 1. The van der Waals surface area contributed by atoms with E-state index >= 15 is 0 Å². The van der Waals surface area contributed by atoms with E-state index in [1.807, 2.05) is 0 Å². The maximum absolute atomic E-state index is 11.7. The van der Waals surface area contributed by atoms with Gasteiger partial charge in [-0.05, 0) is 32.2 Å². The Morgan fingerprint density at radius 2 is 1.94 bits per heavy atom. The van der Waals surface area contributed by atoms with Crippen molar-refractivity contribution in [2.45, 2.75) is 32.1 Å². The zero-order chi connectivity index (χ0) is 11.8. The molecule has 5 N–H and O–H groups in total. The van der Waals surface area contributed by atoms with Crippen molar-refractivity contribution < 1.29 is 4.79 Å². The summed E-state index contributed by atoms with van der Waals surface area (Å²) in [5.41, 5.74) is 5.40. The summed E-state index contributed by atoms with van der Waals surface area (Å²) >= 11 is 0. The Labute approximate surface area is 97.5 Å². The third kappa shape index (κ3) is 4.92. The summed E-state index contributed by atoms with van der Waals surface area (Å²) in [5, 5.41) is 4.77. The van der Waals surface area contributed by atoms with Gasteiger partial charge in [-0.25, -0.2) is 5.01 Å². The SMILES string of the molecule is NCCCCCNC(=O)C1CCN(N)CC1. The summed E-state index contributed by atoms with van der Waals surface area (Å²) in [6.07, 6.45) is 4.92. The fourth-order valence-electron chi connectivity index (χ4n) is 1.96. The lowest BCUT2D eigenvalue weighted by molar-refractivity contribution is -0.126. The van der Waals surface area contributed by atoms with Gasteiger partial charge in [0.25, 0.3) is 0 Å². The summed E-state index contributed by atoms with van der Waals surface area (Å²) in [4.78, 5) is 11.7. The first-order valence-corrected chi connectivity index (χ1v) is 6.21. The summed E-state index contributed by atoms with van der Waals surface area (Å²) < 4.78 is 0. The van der Waals surface area contributed by atoms with Gasteiger partial charge in [0.15, 0.2) is 0 Å². The van der Waals surface area contributed by atoms with Crippen LogP contribution in [0.15, 0.2) is 0 Å². The minimum atomic E-state index is 0.161. The maximum Gasteiger partial charge on any atom is 0.223 e. The lowest BCUT2D eigenvalue weighted by Crippen LogP contribution is -2.43. The largest absolute Gasteiger partial charge is 0.356 e. The van der Waals surface area contributed by atoms with Crippen molar-refractivity contribution in [3.63, 3.8) is 0 Å². The van der Waals surface area contributed by atoms with Gasteiger partial charge in [-0.3, -0.25) is 10.6 Å². The maximum atomic E-state index is 11.7. The molecular weight excluding hydrogens is 204 g/mol. The van der Waals surface area contributed by atoms with Crippen LogP contribution in [0.5, 0.6) is 0 Å². The number of amides is 1. The van der Waals surface area contributed by atoms with Crippen LogP contribution < -0.4 is 16.9 Å². The van der Waals surface area contributed by atoms with Crippen LogP contribution in [0.2, 0.25) is 0 Å². The summed E-state index contributed by atoms with van der Waals surface area (Å²) in [6.45, 7) is 3.17. The second kappa shape index (κ2) is 7.60. The van der Waals surface area contributed by atoms with E-state index in [9.17, 15) is 4.79 Å². The monoisotopic (exact) mass is 228 g/mol. The number of carbonyl (C=O) groups is 1. The molecule has 0 radical (unpaired) electrons. The fourth-order valence-corrected chi connectivity index (χ4v) is 1.96. The molecule has 1 fully saturated rings. The Balaban J connectivity index is 2.06. The highest BCUT2D eigenvalue weighted by Gasteiger charge is 2.22. The van der Waals surface area contributed by atoms with Gasteiger partial charge in [-0.1, -0.05) is 6.42 Å². The van der Waals surface area contributed by atoms with Crippen LogP contribution in [0.1, 0.15) is 32.1 Å². The van der Waals surface area contributed by atoms with Crippen LogP contribution in [-0.4, -0.2) is 37.1 Å². The number of nitrogens with zero attached hydrogens (tertiary/aromatic N) is 1. The first-order chi connectivity index (χ1) is 7.74. The van der Waals surface area contributed by atoms with Crippen molar-refractivity contribution in [2.75, 3.05) is 26.2 Å². The number of rotatable bonds is 6. The molecule has 1 amide bonds. The Morgan fingerprint density at radius 1 is 1.25 bits per heavy atom. The van der Waals surface area contributed by atoms with Crippen LogP contribution in [0, 0.1) is 5.92 Å². The highest BCUT2D eigenvalue weighted by Crippen LogP contribution is 2.14. The minimum absolute atomic E-state index is 0.161. The van der Waals surface area contributed by atoms with Crippen molar-refractivity contribution in [1.82, 2.24) is 10.3 Å². The van der Waals surface area contributed by atoms with Gasteiger partial charge in [0.2, 0.25) is 5.91 Å². The van der Waals surface area contributed by atoms with Gasteiger partial charge in [0.1, 0.15) is 0 Å². The molecular formula is C11H24N4O. The number of hydrogen-bond acceptors (Lipinski definition) is 4. The average molecular weight is 228 g/mol. The Kier molecular flexibility index (Phi) is 6.37. The molecule has 1 rings (SSSR count). The molecule has 94 valence electrons. The molecule has 0 unspecified atom stereocenters. The van der Waals surface area contributed by atoms with Gasteiger partial charge in [0.05, 0.1) is 0 Å². The van der Waals surface area contributed by atoms with Crippen molar-refractivity contribution >= 4 is 5.91 Å². The molecule has 1 saturated heterocycles. The molecule has 0 bridgehead atoms. The van der Waals surface area contributed by atoms with E-state index in [1.54, 1.807) is 5.01 Å².